The molecule has 9 heteroatoms. The van der Waals surface area contributed by atoms with Crippen LogP contribution in [0.4, 0.5) is 13.2 Å². The van der Waals surface area contributed by atoms with Crippen molar-refractivity contribution in [3.05, 3.63) is 18.2 Å². The highest BCUT2D eigenvalue weighted by atomic mass is 28.4. The van der Waals surface area contributed by atoms with E-state index in [1.807, 2.05) is 33.9 Å². The minimum Gasteiger partial charge on any atom is -0.541 e. The van der Waals surface area contributed by atoms with Gasteiger partial charge in [0.2, 0.25) is 0 Å². The first-order valence-corrected chi connectivity index (χ1v) is 9.58. The highest BCUT2D eigenvalue weighted by molar-refractivity contribution is 6.74. The van der Waals surface area contributed by atoms with E-state index in [4.69, 9.17) is 14.5 Å². The van der Waals surface area contributed by atoms with Gasteiger partial charge >= 0.3 is 13.5 Å². The number of halogens is 3. The van der Waals surface area contributed by atoms with Crippen molar-refractivity contribution in [3.8, 4) is 11.5 Å². The third-order valence-corrected chi connectivity index (χ3v) is 8.01. The quantitative estimate of drug-likeness (QED) is 0.830. The van der Waals surface area contributed by atoms with Gasteiger partial charge in [-0.15, -0.1) is 13.2 Å². The second kappa shape index (κ2) is 6.13. The van der Waals surface area contributed by atoms with Crippen molar-refractivity contribution < 1.29 is 32.4 Å². The van der Waals surface area contributed by atoms with Crippen LogP contribution < -0.4 is 14.6 Å². The number of alkyl halides is 3. The molecule has 1 aromatic rings. The molecule has 0 amide bonds. The molecule has 1 aromatic carbocycles. The zero-order valence-electron chi connectivity index (χ0n) is 13.2. The molecular formula is C13H20BF3O4Si. The van der Waals surface area contributed by atoms with E-state index in [1.54, 1.807) is 0 Å². The Balaban J connectivity index is 3.23. The fraction of sp³-hybridized carbons (Fsp3) is 0.538. The van der Waals surface area contributed by atoms with Crippen LogP contribution in [0.2, 0.25) is 18.1 Å². The molecule has 0 heterocycles. The van der Waals surface area contributed by atoms with Crippen molar-refractivity contribution in [2.75, 3.05) is 0 Å². The molecule has 0 saturated carbocycles. The summed E-state index contributed by atoms with van der Waals surface area (Å²) in [5, 5.41) is 18.0. The third kappa shape index (κ3) is 4.92. The number of ether oxygens (including phenoxy) is 1. The summed E-state index contributed by atoms with van der Waals surface area (Å²) in [5.74, 6) is -0.642. The summed E-state index contributed by atoms with van der Waals surface area (Å²) in [7, 11) is -4.26. The molecule has 0 saturated heterocycles. The average molecular weight is 336 g/mol. The van der Waals surface area contributed by atoms with Crippen LogP contribution in [-0.4, -0.2) is 31.8 Å². The van der Waals surface area contributed by atoms with Crippen LogP contribution in [0.25, 0.3) is 0 Å². The zero-order chi connectivity index (χ0) is 17.3. The van der Waals surface area contributed by atoms with Crippen LogP contribution in [-0.2, 0) is 0 Å². The van der Waals surface area contributed by atoms with Gasteiger partial charge in [-0.2, -0.15) is 0 Å². The number of rotatable bonds is 4. The maximum Gasteiger partial charge on any atom is 0.573 e. The average Bonchev–Trinajstić information content (AvgIpc) is 2.27. The van der Waals surface area contributed by atoms with E-state index in [0.29, 0.717) is 0 Å². The van der Waals surface area contributed by atoms with Crippen molar-refractivity contribution in [1.82, 2.24) is 0 Å². The van der Waals surface area contributed by atoms with Gasteiger partial charge in [-0.25, -0.2) is 0 Å². The predicted octanol–water partition coefficient (Wildman–Crippen LogP) is 2.65. The van der Waals surface area contributed by atoms with Gasteiger partial charge in [0.1, 0.15) is 5.75 Å². The lowest BCUT2D eigenvalue weighted by Gasteiger charge is -2.36. The second-order valence-corrected chi connectivity index (χ2v) is 11.2. The molecule has 2 N–H and O–H groups in total. The summed E-state index contributed by atoms with van der Waals surface area (Å²) < 4.78 is 47.4. The zero-order valence-corrected chi connectivity index (χ0v) is 14.2. The van der Waals surface area contributed by atoms with Gasteiger partial charge in [-0.1, -0.05) is 26.8 Å². The van der Waals surface area contributed by atoms with Crippen LogP contribution in [0.3, 0.4) is 0 Å². The molecule has 0 radical (unpaired) electrons. The Morgan fingerprint density at radius 2 is 1.59 bits per heavy atom. The smallest absolute Gasteiger partial charge is 0.541 e. The predicted molar refractivity (Wildman–Crippen MR) is 80.8 cm³/mol. The van der Waals surface area contributed by atoms with Crippen LogP contribution in [0.1, 0.15) is 20.8 Å². The first-order chi connectivity index (χ1) is 9.73. The summed E-state index contributed by atoms with van der Waals surface area (Å²) in [4.78, 5) is 0. The van der Waals surface area contributed by atoms with E-state index in [9.17, 15) is 13.2 Å². The highest BCUT2D eigenvalue weighted by Crippen LogP contribution is 2.40. The summed E-state index contributed by atoms with van der Waals surface area (Å²) in [6, 6.07) is 3.47. The van der Waals surface area contributed by atoms with Gasteiger partial charge in [-0.3, -0.25) is 0 Å². The lowest BCUT2D eigenvalue weighted by Crippen LogP contribution is -2.44. The van der Waals surface area contributed by atoms with E-state index in [1.165, 1.54) is 12.1 Å². The van der Waals surface area contributed by atoms with Crippen molar-refractivity contribution in [2.24, 2.45) is 0 Å². The molecule has 0 aliphatic heterocycles. The molecule has 1 rings (SSSR count). The number of hydrogen-bond donors (Lipinski definition) is 2. The van der Waals surface area contributed by atoms with Gasteiger partial charge in [0, 0.05) is 0 Å². The van der Waals surface area contributed by atoms with Crippen molar-refractivity contribution >= 4 is 20.9 Å². The Bertz CT molecular complexity index is 527. The van der Waals surface area contributed by atoms with Crippen molar-refractivity contribution in [1.29, 1.82) is 0 Å². The molecule has 0 aliphatic rings. The second-order valence-electron chi connectivity index (χ2n) is 6.49. The Hall–Kier alpha value is -1.19. The highest BCUT2D eigenvalue weighted by Gasteiger charge is 2.40. The fourth-order valence-corrected chi connectivity index (χ4v) is 2.43. The van der Waals surface area contributed by atoms with E-state index < -0.39 is 27.5 Å². The van der Waals surface area contributed by atoms with E-state index in [0.717, 1.165) is 6.07 Å². The fourth-order valence-electron chi connectivity index (χ4n) is 1.40. The van der Waals surface area contributed by atoms with Crippen molar-refractivity contribution in [2.45, 2.75) is 45.3 Å². The van der Waals surface area contributed by atoms with E-state index in [2.05, 4.69) is 4.74 Å². The Morgan fingerprint density at radius 1 is 1.05 bits per heavy atom. The molecule has 124 valence electrons. The largest absolute Gasteiger partial charge is 0.573 e. The molecule has 4 nitrogen and oxygen atoms in total. The number of hydrogen-bond acceptors (Lipinski definition) is 4. The normalized spacial score (nSPS) is 13.0. The molecule has 0 bridgehead atoms. The Morgan fingerprint density at radius 3 is 2.00 bits per heavy atom. The summed E-state index contributed by atoms with van der Waals surface area (Å²) >= 11 is 0. The molecule has 0 atom stereocenters. The molecule has 22 heavy (non-hydrogen) atoms. The standard InChI is InChI=1S/C13H20BF3O4Si/c1-12(2,3)22(4,5)21-10-7-6-9(14(18)19)8-11(10)20-13(15,16)17/h6-8,18-19H,1-5H3. The monoisotopic (exact) mass is 336 g/mol. The van der Waals surface area contributed by atoms with Gasteiger partial charge in [0.05, 0.1) is 0 Å². The van der Waals surface area contributed by atoms with E-state index in [-0.39, 0.29) is 16.3 Å². The van der Waals surface area contributed by atoms with Gasteiger partial charge in [0.25, 0.3) is 8.32 Å². The molecule has 0 aliphatic carbocycles. The first-order valence-electron chi connectivity index (χ1n) is 6.68. The molecular weight excluding hydrogens is 316 g/mol. The van der Waals surface area contributed by atoms with Gasteiger partial charge in [0.15, 0.2) is 5.75 Å². The maximum atomic E-state index is 12.5. The summed E-state index contributed by atoms with van der Waals surface area (Å²) in [6.45, 7) is 9.64. The topological polar surface area (TPSA) is 58.9 Å². The van der Waals surface area contributed by atoms with Gasteiger partial charge < -0.3 is 19.2 Å². The molecule has 0 aromatic heterocycles. The number of benzene rings is 1. The van der Waals surface area contributed by atoms with Gasteiger partial charge in [-0.05, 0) is 35.7 Å². The van der Waals surface area contributed by atoms with E-state index >= 15 is 0 Å². The Kier molecular flexibility index (Phi) is 5.26. The minimum absolute atomic E-state index is 0.0617. The molecule has 0 unspecified atom stereocenters. The van der Waals surface area contributed by atoms with Crippen LogP contribution >= 0.6 is 0 Å². The summed E-state index contributed by atoms with van der Waals surface area (Å²) in [5.41, 5.74) is -0.109. The van der Waals surface area contributed by atoms with Crippen LogP contribution in [0.5, 0.6) is 11.5 Å². The lowest BCUT2D eigenvalue weighted by atomic mass is 9.80. The maximum absolute atomic E-state index is 12.5. The van der Waals surface area contributed by atoms with Crippen molar-refractivity contribution in [3.63, 3.8) is 0 Å². The Labute approximate surface area is 129 Å². The lowest BCUT2D eigenvalue weighted by molar-refractivity contribution is -0.274. The first kappa shape index (κ1) is 18.9. The third-order valence-electron chi connectivity index (χ3n) is 3.66. The SMILES string of the molecule is CC(C)(C)[Si](C)(C)Oc1ccc(B(O)O)cc1OC(F)(F)F. The summed E-state index contributed by atoms with van der Waals surface area (Å²) in [6.07, 6.45) is -4.90. The molecule has 0 fully saturated rings. The minimum atomic E-state index is -4.90. The van der Waals surface area contributed by atoms with Crippen LogP contribution in [0.15, 0.2) is 18.2 Å². The molecule has 0 spiro atoms. The van der Waals surface area contributed by atoms with Crippen LogP contribution in [0, 0.1) is 0 Å².